The van der Waals surface area contributed by atoms with Gasteiger partial charge in [-0.25, -0.2) is 0 Å². The second-order valence-electron chi connectivity index (χ2n) is 5.52. The summed E-state index contributed by atoms with van der Waals surface area (Å²) in [6.45, 7) is 5.15. The van der Waals surface area contributed by atoms with Crippen molar-refractivity contribution in [1.29, 1.82) is 0 Å². The molecule has 0 spiro atoms. The van der Waals surface area contributed by atoms with Crippen LogP contribution in [0.3, 0.4) is 0 Å². The summed E-state index contributed by atoms with van der Waals surface area (Å²) in [7, 11) is 0. The van der Waals surface area contributed by atoms with Crippen molar-refractivity contribution < 1.29 is 9.21 Å². The summed E-state index contributed by atoms with van der Waals surface area (Å²) in [5.41, 5.74) is 6.03. The molecule has 0 saturated heterocycles. The molecule has 4 nitrogen and oxygen atoms in total. The molecule has 0 saturated carbocycles. The van der Waals surface area contributed by atoms with E-state index in [0.717, 1.165) is 10.6 Å². The third-order valence-electron chi connectivity index (χ3n) is 3.47. The van der Waals surface area contributed by atoms with E-state index in [-0.39, 0.29) is 11.9 Å². The number of amides is 1. The highest BCUT2D eigenvalue weighted by Crippen LogP contribution is 2.17. The lowest BCUT2D eigenvalue weighted by molar-refractivity contribution is -0.133. The van der Waals surface area contributed by atoms with Gasteiger partial charge in [-0.3, -0.25) is 4.79 Å². The number of carbonyl (C=O) groups excluding carboxylic acids is 1. The van der Waals surface area contributed by atoms with Crippen molar-refractivity contribution in [1.82, 2.24) is 4.90 Å². The van der Waals surface area contributed by atoms with Crippen LogP contribution in [0, 0.1) is 5.92 Å². The Morgan fingerprint density at radius 3 is 2.71 bits per heavy atom. The second kappa shape index (κ2) is 7.43. The molecule has 0 radical (unpaired) electrons. The summed E-state index contributed by atoms with van der Waals surface area (Å²) >= 11 is 1.65. The van der Waals surface area contributed by atoms with E-state index in [9.17, 15) is 4.79 Å². The van der Waals surface area contributed by atoms with E-state index in [1.54, 1.807) is 17.6 Å². The number of nitrogens with zero attached hydrogens (tertiary/aromatic N) is 1. The smallest absolute Gasteiger partial charge is 0.224 e. The molecule has 0 aromatic carbocycles. The summed E-state index contributed by atoms with van der Waals surface area (Å²) in [4.78, 5) is 15.5. The number of nitrogens with two attached hydrogens (primary N) is 1. The average Bonchev–Trinajstić information content (AvgIpc) is 3.10. The monoisotopic (exact) mass is 306 g/mol. The molecule has 1 atom stereocenters. The van der Waals surface area contributed by atoms with Gasteiger partial charge in [0.1, 0.15) is 5.76 Å². The van der Waals surface area contributed by atoms with Gasteiger partial charge in [-0.05, 0) is 29.5 Å². The average molecular weight is 306 g/mol. The lowest BCUT2D eigenvalue weighted by atomic mass is 10.0. The topological polar surface area (TPSA) is 59.5 Å². The van der Waals surface area contributed by atoms with Crippen LogP contribution in [-0.4, -0.2) is 16.8 Å². The van der Waals surface area contributed by atoms with Gasteiger partial charge in [-0.1, -0.05) is 19.9 Å². The molecule has 2 heterocycles. The quantitative estimate of drug-likeness (QED) is 0.854. The standard InChI is InChI=1S/C16H22N2O2S/c1-12(2)15(17)9-16(19)18(10-13-5-3-7-20-13)11-14-6-4-8-21-14/h3-8,12,15H,9-11,17H2,1-2H3. The first kappa shape index (κ1) is 15.8. The number of thiophene rings is 1. The van der Waals surface area contributed by atoms with Crippen LogP contribution in [0.1, 0.15) is 30.9 Å². The molecule has 114 valence electrons. The summed E-state index contributed by atoms with van der Waals surface area (Å²) in [6.07, 6.45) is 1.99. The molecular weight excluding hydrogens is 284 g/mol. The fraction of sp³-hybridized carbons (Fsp3) is 0.438. The molecule has 1 amide bonds. The number of hydrogen-bond acceptors (Lipinski definition) is 4. The zero-order valence-corrected chi connectivity index (χ0v) is 13.3. The Labute approximate surface area is 129 Å². The summed E-state index contributed by atoms with van der Waals surface area (Å²) in [6, 6.07) is 7.64. The molecule has 0 aliphatic rings. The second-order valence-corrected chi connectivity index (χ2v) is 6.55. The number of furan rings is 1. The summed E-state index contributed by atoms with van der Waals surface area (Å²) in [5, 5.41) is 2.02. The third kappa shape index (κ3) is 4.72. The SMILES string of the molecule is CC(C)C(N)CC(=O)N(Cc1ccco1)Cc1cccs1. The first-order valence-electron chi connectivity index (χ1n) is 7.14. The minimum atomic E-state index is -0.111. The van der Waals surface area contributed by atoms with Gasteiger partial charge >= 0.3 is 0 Å². The molecule has 1 unspecified atom stereocenters. The van der Waals surface area contributed by atoms with Gasteiger partial charge in [-0.15, -0.1) is 11.3 Å². The molecule has 0 aliphatic carbocycles. The van der Waals surface area contributed by atoms with Gasteiger partial charge in [0, 0.05) is 17.3 Å². The first-order valence-corrected chi connectivity index (χ1v) is 8.02. The number of hydrogen-bond donors (Lipinski definition) is 1. The van der Waals surface area contributed by atoms with Crippen LogP contribution in [0.4, 0.5) is 0 Å². The minimum absolute atomic E-state index is 0.0704. The predicted molar refractivity (Wildman–Crippen MR) is 84.7 cm³/mol. The van der Waals surface area contributed by atoms with E-state index in [4.69, 9.17) is 10.2 Å². The molecule has 21 heavy (non-hydrogen) atoms. The van der Waals surface area contributed by atoms with Gasteiger partial charge < -0.3 is 15.1 Å². The van der Waals surface area contributed by atoms with Gasteiger partial charge in [0.25, 0.3) is 0 Å². The van der Waals surface area contributed by atoms with Crippen LogP contribution in [0.25, 0.3) is 0 Å². The van der Waals surface area contributed by atoms with Crippen LogP contribution in [0.15, 0.2) is 40.3 Å². The lowest BCUT2D eigenvalue weighted by Crippen LogP contribution is -2.37. The van der Waals surface area contributed by atoms with Gasteiger partial charge in [0.15, 0.2) is 0 Å². The normalized spacial score (nSPS) is 12.6. The van der Waals surface area contributed by atoms with Gasteiger partial charge in [0.2, 0.25) is 5.91 Å². The van der Waals surface area contributed by atoms with Crippen molar-refractivity contribution in [3.63, 3.8) is 0 Å². The summed E-state index contributed by atoms with van der Waals surface area (Å²) < 4.78 is 5.36. The highest BCUT2D eigenvalue weighted by atomic mass is 32.1. The van der Waals surface area contributed by atoms with E-state index >= 15 is 0 Å². The van der Waals surface area contributed by atoms with Crippen LogP contribution in [0.5, 0.6) is 0 Å². The van der Waals surface area contributed by atoms with Gasteiger partial charge in [0.05, 0.1) is 19.4 Å². The Kier molecular flexibility index (Phi) is 5.59. The van der Waals surface area contributed by atoms with Crippen molar-refractivity contribution in [2.75, 3.05) is 0 Å². The molecule has 2 aromatic rings. The fourth-order valence-electron chi connectivity index (χ4n) is 1.98. The molecule has 2 aromatic heterocycles. The number of rotatable bonds is 7. The molecule has 2 rings (SSSR count). The maximum atomic E-state index is 12.5. The molecule has 0 aliphatic heterocycles. The predicted octanol–water partition coefficient (Wildman–Crippen LogP) is 3.24. The molecule has 2 N–H and O–H groups in total. The Balaban J connectivity index is 2.05. The Bertz CT molecular complexity index is 498. The number of carbonyl (C=O) groups is 1. The zero-order chi connectivity index (χ0) is 15.2. The Morgan fingerprint density at radius 2 is 2.14 bits per heavy atom. The van der Waals surface area contributed by atoms with Crippen LogP contribution in [0.2, 0.25) is 0 Å². The van der Waals surface area contributed by atoms with E-state index in [1.165, 1.54) is 0 Å². The molecule has 0 fully saturated rings. The maximum Gasteiger partial charge on any atom is 0.224 e. The van der Waals surface area contributed by atoms with Crippen LogP contribution in [-0.2, 0) is 17.9 Å². The minimum Gasteiger partial charge on any atom is -0.467 e. The highest BCUT2D eigenvalue weighted by molar-refractivity contribution is 7.09. The maximum absolute atomic E-state index is 12.5. The van der Waals surface area contributed by atoms with E-state index < -0.39 is 0 Å². The molecule has 0 bridgehead atoms. The zero-order valence-electron chi connectivity index (χ0n) is 12.5. The molecule has 5 heteroatoms. The van der Waals surface area contributed by atoms with Gasteiger partial charge in [-0.2, -0.15) is 0 Å². The fourth-order valence-corrected chi connectivity index (χ4v) is 2.70. The van der Waals surface area contributed by atoms with Crippen molar-refractivity contribution in [2.24, 2.45) is 11.7 Å². The Hall–Kier alpha value is -1.59. The first-order chi connectivity index (χ1) is 10.1. The van der Waals surface area contributed by atoms with E-state index in [0.29, 0.717) is 25.4 Å². The lowest BCUT2D eigenvalue weighted by Gasteiger charge is -2.24. The van der Waals surface area contributed by atoms with Crippen molar-refractivity contribution >= 4 is 17.2 Å². The van der Waals surface area contributed by atoms with Crippen LogP contribution >= 0.6 is 11.3 Å². The summed E-state index contributed by atoms with van der Waals surface area (Å²) in [5.74, 6) is 1.15. The van der Waals surface area contributed by atoms with Crippen LogP contribution < -0.4 is 5.73 Å². The van der Waals surface area contributed by atoms with Crippen molar-refractivity contribution in [3.8, 4) is 0 Å². The third-order valence-corrected chi connectivity index (χ3v) is 4.33. The Morgan fingerprint density at radius 1 is 1.33 bits per heavy atom. The van der Waals surface area contributed by atoms with Crippen molar-refractivity contribution in [3.05, 3.63) is 46.5 Å². The molecular formula is C16H22N2O2S. The highest BCUT2D eigenvalue weighted by Gasteiger charge is 2.20. The van der Waals surface area contributed by atoms with E-state index in [2.05, 4.69) is 0 Å². The van der Waals surface area contributed by atoms with Crippen molar-refractivity contribution in [2.45, 2.75) is 39.4 Å². The van der Waals surface area contributed by atoms with E-state index in [1.807, 2.05) is 48.4 Å². The largest absolute Gasteiger partial charge is 0.467 e.